The molecule has 0 unspecified atom stereocenters. The van der Waals surface area contributed by atoms with E-state index >= 15 is 0 Å². The lowest BCUT2D eigenvalue weighted by atomic mass is 10.0. The van der Waals surface area contributed by atoms with Crippen molar-refractivity contribution in [1.82, 2.24) is 9.97 Å². The van der Waals surface area contributed by atoms with E-state index in [0.29, 0.717) is 11.3 Å². The molecule has 0 saturated carbocycles. The fraction of sp³-hybridized carbons (Fsp3) is 0.433. The molecule has 0 N–H and O–H groups in total. The van der Waals surface area contributed by atoms with Gasteiger partial charge in [0.05, 0.1) is 11.3 Å². The van der Waals surface area contributed by atoms with Crippen molar-refractivity contribution in [3.05, 3.63) is 71.9 Å². The lowest BCUT2D eigenvalue weighted by Crippen LogP contribution is -2.08. The molecule has 0 atom stereocenters. The van der Waals surface area contributed by atoms with Crippen molar-refractivity contribution in [2.24, 2.45) is 0 Å². The van der Waals surface area contributed by atoms with Gasteiger partial charge in [0.2, 0.25) is 0 Å². The van der Waals surface area contributed by atoms with Gasteiger partial charge in [0, 0.05) is 17.5 Å². The molecule has 0 bridgehead atoms. The number of thioether (sulfide) groups is 1. The zero-order valence-electron chi connectivity index (χ0n) is 21.2. The third kappa shape index (κ3) is 9.48. The third-order valence-electron chi connectivity index (χ3n) is 5.98. The van der Waals surface area contributed by atoms with E-state index in [0.717, 1.165) is 28.6 Å². The average molecular weight is 491 g/mol. The predicted molar refractivity (Wildman–Crippen MR) is 146 cm³/mol. The number of hydrogen-bond acceptors (Lipinski definition) is 5. The molecule has 0 aliphatic carbocycles. The number of aromatic nitrogens is 2. The standard InChI is InChI=1S/C30H38N2O2S/c1-3-5-7-9-10-12-24-13-15-26(16-14-24)29(33)34-27-19-17-25(18-20-27)28-21-22-31-30(32-28)35-23-11-8-6-4-2/h13-22H,3-12,23H2,1-2H3. The minimum absolute atomic E-state index is 0.337. The molecular weight excluding hydrogens is 452 g/mol. The number of ether oxygens (including phenoxy) is 1. The Morgan fingerprint density at radius 1 is 0.800 bits per heavy atom. The van der Waals surface area contributed by atoms with Gasteiger partial charge in [0.25, 0.3) is 0 Å². The summed E-state index contributed by atoms with van der Waals surface area (Å²) in [5, 5.41) is 0.805. The summed E-state index contributed by atoms with van der Waals surface area (Å²) in [6.07, 6.45) is 14.2. The molecular formula is C30H38N2O2S. The van der Waals surface area contributed by atoms with Crippen LogP contribution in [0.25, 0.3) is 11.3 Å². The van der Waals surface area contributed by atoms with E-state index in [1.54, 1.807) is 18.0 Å². The van der Waals surface area contributed by atoms with Crippen LogP contribution in [0, 0.1) is 0 Å². The Balaban J connectivity index is 1.50. The summed E-state index contributed by atoms with van der Waals surface area (Å²) in [6.45, 7) is 4.45. The van der Waals surface area contributed by atoms with E-state index in [1.165, 1.54) is 63.4 Å². The van der Waals surface area contributed by atoms with Crippen molar-refractivity contribution in [2.75, 3.05) is 5.75 Å². The van der Waals surface area contributed by atoms with Crippen molar-refractivity contribution in [1.29, 1.82) is 0 Å². The molecule has 0 aliphatic rings. The number of hydrogen-bond donors (Lipinski definition) is 0. The Bertz CT molecular complexity index is 1020. The third-order valence-corrected chi connectivity index (χ3v) is 6.93. The lowest BCUT2D eigenvalue weighted by Gasteiger charge is -2.07. The molecule has 0 aliphatic heterocycles. The molecule has 35 heavy (non-hydrogen) atoms. The predicted octanol–water partition coefficient (Wildman–Crippen LogP) is 8.55. The van der Waals surface area contributed by atoms with Gasteiger partial charge >= 0.3 is 5.97 Å². The number of carbonyl (C=O) groups excluding carboxylic acids is 1. The van der Waals surface area contributed by atoms with Gasteiger partial charge in [0.1, 0.15) is 5.75 Å². The second-order valence-electron chi connectivity index (χ2n) is 8.91. The summed E-state index contributed by atoms with van der Waals surface area (Å²) in [5.74, 6) is 1.23. The van der Waals surface area contributed by atoms with Crippen LogP contribution in [0.1, 0.15) is 87.6 Å². The Labute approximate surface area is 214 Å². The Kier molecular flexibility index (Phi) is 11.8. The molecule has 3 aromatic rings. The van der Waals surface area contributed by atoms with E-state index in [1.807, 2.05) is 54.6 Å². The molecule has 0 fully saturated rings. The molecule has 3 rings (SSSR count). The molecule has 1 aromatic heterocycles. The van der Waals surface area contributed by atoms with Crippen molar-refractivity contribution in [2.45, 2.75) is 83.2 Å². The van der Waals surface area contributed by atoms with Gasteiger partial charge in [-0.15, -0.1) is 0 Å². The number of aryl methyl sites for hydroxylation is 1. The fourth-order valence-corrected chi connectivity index (χ4v) is 4.69. The monoisotopic (exact) mass is 490 g/mol. The van der Waals surface area contributed by atoms with Crippen LogP contribution >= 0.6 is 11.8 Å². The smallest absolute Gasteiger partial charge is 0.343 e. The van der Waals surface area contributed by atoms with Crippen molar-refractivity contribution >= 4 is 17.7 Å². The van der Waals surface area contributed by atoms with Gasteiger partial charge in [0.15, 0.2) is 5.16 Å². The zero-order chi connectivity index (χ0) is 24.7. The van der Waals surface area contributed by atoms with Crippen LogP contribution in [0.3, 0.4) is 0 Å². The van der Waals surface area contributed by atoms with Gasteiger partial charge in [-0.05, 0) is 67.3 Å². The van der Waals surface area contributed by atoms with Crippen LogP contribution in [-0.4, -0.2) is 21.7 Å². The number of carbonyl (C=O) groups is 1. The summed E-state index contributed by atoms with van der Waals surface area (Å²) in [4.78, 5) is 21.7. The SMILES string of the molecule is CCCCCCCc1ccc(C(=O)Oc2ccc(-c3ccnc(SCCCCCC)n3)cc2)cc1. The first-order chi connectivity index (χ1) is 17.2. The molecule has 5 heteroatoms. The molecule has 0 amide bonds. The van der Waals surface area contributed by atoms with E-state index in [9.17, 15) is 4.79 Å². The normalized spacial score (nSPS) is 10.9. The van der Waals surface area contributed by atoms with E-state index in [2.05, 4.69) is 23.8 Å². The number of rotatable bonds is 15. The fourth-order valence-electron chi connectivity index (χ4n) is 3.86. The Hall–Kier alpha value is -2.66. The van der Waals surface area contributed by atoms with Crippen LogP contribution in [0.2, 0.25) is 0 Å². The highest BCUT2D eigenvalue weighted by Crippen LogP contribution is 2.24. The molecule has 2 aromatic carbocycles. The van der Waals surface area contributed by atoms with Crippen LogP contribution in [-0.2, 0) is 6.42 Å². The first kappa shape index (κ1) is 26.9. The highest BCUT2D eigenvalue weighted by Gasteiger charge is 2.10. The highest BCUT2D eigenvalue weighted by molar-refractivity contribution is 7.99. The summed E-state index contributed by atoms with van der Waals surface area (Å²) in [7, 11) is 0. The number of benzene rings is 2. The van der Waals surface area contributed by atoms with Gasteiger partial charge in [-0.25, -0.2) is 14.8 Å². The highest BCUT2D eigenvalue weighted by atomic mass is 32.2. The minimum atomic E-state index is -0.337. The van der Waals surface area contributed by atoms with Crippen LogP contribution in [0.4, 0.5) is 0 Å². The maximum Gasteiger partial charge on any atom is 0.343 e. The first-order valence-electron chi connectivity index (χ1n) is 13.1. The Morgan fingerprint density at radius 3 is 2.20 bits per heavy atom. The van der Waals surface area contributed by atoms with Gasteiger partial charge < -0.3 is 4.74 Å². The van der Waals surface area contributed by atoms with E-state index < -0.39 is 0 Å². The van der Waals surface area contributed by atoms with Crippen LogP contribution in [0.5, 0.6) is 5.75 Å². The summed E-state index contributed by atoms with van der Waals surface area (Å²) >= 11 is 1.71. The number of nitrogens with zero attached hydrogens (tertiary/aromatic N) is 2. The molecule has 0 spiro atoms. The maximum absolute atomic E-state index is 12.6. The van der Waals surface area contributed by atoms with Gasteiger partial charge in [-0.3, -0.25) is 0 Å². The Morgan fingerprint density at radius 2 is 1.49 bits per heavy atom. The molecule has 1 heterocycles. The number of esters is 1. The molecule has 0 saturated heterocycles. The van der Waals surface area contributed by atoms with Crippen molar-refractivity contribution in [3.63, 3.8) is 0 Å². The van der Waals surface area contributed by atoms with E-state index in [4.69, 9.17) is 4.74 Å². The zero-order valence-corrected chi connectivity index (χ0v) is 22.0. The van der Waals surface area contributed by atoms with Crippen molar-refractivity contribution in [3.8, 4) is 17.0 Å². The quantitative estimate of drug-likeness (QED) is 0.0702. The van der Waals surface area contributed by atoms with Crippen LogP contribution in [0.15, 0.2) is 66.0 Å². The average Bonchev–Trinajstić information content (AvgIpc) is 2.89. The van der Waals surface area contributed by atoms with E-state index in [-0.39, 0.29) is 5.97 Å². The second-order valence-corrected chi connectivity index (χ2v) is 9.97. The van der Waals surface area contributed by atoms with Gasteiger partial charge in [-0.2, -0.15) is 0 Å². The summed E-state index contributed by atoms with van der Waals surface area (Å²) < 4.78 is 5.59. The van der Waals surface area contributed by atoms with Crippen LogP contribution < -0.4 is 4.74 Å². The molecule has 0 radical (unpaired) electrons. The van der Waals surface area contributed by atoms with Crippen molar-refractivity contribution < 1.29 is 9.53 Å². The molecule has 4 nitrogen and oxygen atoms in total. The first-order valence-corrected chi connectivity index (χ1v) is 14.1. The number of unbranched alkanes of at least 4 members (excludes halogenated alkanes) is 7. The maximum atomic E-state index is 12.6. The van der Waals surface area contributed by atoms with Gasteiger partial charge in [-0.1, -0.05) is 82.7 Å². The minimum Gasteiger partial charge on any atom is -0.423 e. The largest absolute Gasteiger partial charge is 0.423 e. The second kappa shape index (κ2) is 15.4. The molecule has 186 valence electrons. The summed E-state index contributed by atoms with van der Waals surface area (Å²) in [5.41, 5.74) is 3.69. The summed E-state index contributed by atoms with van der Waals surface area (Å²) in [6, 6.07) is 17.2. The lowest BCUT2D eigenvalue weighted by molar-refractivity contribution is 0.0735. The topological polar surface area (TPSA) is 52.1 Å².